The molecule has 0 aromatic rings. The van der Waals surface area contributed by atoms with Crippen molar-refractivity contribution in [2.75, 3.05) is 32.8 Å². The van der Waals surface area contributed by atoms with Gasteiger partial charge < -0.3 is 19.5 Å². The van der Waals surface area contributed by atoms with E-state index in [0.717, 1.165) is 4.90 Å². The van der Waals surface area contributed by atoms with Gasteiger partial charge in [-0.2, -0.15) is 26.3 Å². The Bertz CT molecular complexity index is 476. The zero-order valence-corrected chi connectivity index (χ0v) is 11.9. The molecule has 0 bridgehead atoms. The smallest absolute Gasteiger partial charge is 0.400 e. The molecule has 2 heterocycles. The number of halogens is 6. The summed E-state index contributed by atoms with van der Waals surface area (Å²) in [5.41, 5.74) is 0. The predicted molar refractivity (Wildman–Crippen MR) is 61.2 cm³/mol. The van der Waals surface area contributed by atoms with Gasteiger partial charge in [0.25, 0.3) is 0 Å². The van der Waals surface area contributed by atoms with Crippen LogP contribution < -0.4 is 5.32 Å². The maximum Gasteiger partial charge on any atom is 0.491 e. The van der Waals surface area contributed by atoms with Crippen molar-refractivity contribution in [2.45, 2.75) is 24.3 Å². The Morgan fingerprint density at radius 3 is 1.92 bits per heavy atom. The maximum absolute atomic E-state index is 12.5. The van der Waals surface area contributed by atoms with Gasteiger partial charge in [0.2, 0.25) is 0 Å². The van der Waals surface area contributed by atoms with Gasteiger partial charge in [0, 0.05) is 13.1 Å². The van der Waals surface area contributed by atoms with Gasteiger partial charge in [-0.25, -0.2) is 14.5 Å². The topological polar surface area (TPSA) is 77.1 Å². The summed E-state index contributed by atoms with van der Waals surface area (Å²) in [7, 11) is 0. The average molecular weight is 366 g/mol. The fraction of sp³-hybridized carbons (Fsp3) is 0.818. The lowest BCUT2D eigenvalue weighted by Crippen LogP contribution is -2.71. The normalized spacial score (nSPS) is 22.6. The fourth-order valence-electron chi connectivity index (χ4n) is 2.20. The van der Waals surface area contributed by atoms with E-state index in [1.165, 1.54) is 0 Å². The highest BCUT2D eigenvalue weighted by molar-refractivity contribution is 5.78. The van der Waals surface area contributed by atoms with Gasteiger partial charge in [-0.15, -0.1) is 0 Å². The van der Waals surface area contributed by atoms with Crippen LogP contribution in [0.4, 0.5) is 26.3 Å². The molecule has 2 fully saturated rings. The lowest BCUT2D eigenvalue weighted by molar-refractivity contribution is -0.335. The second-order valence-corrected chi connectivity index (χ2v) is 5.05. The molecule has 0 aromatic carbocycles. The van der Waals surface area contributed by atoms with Crippen LogP contribution in [0.3, 0.4) is 0 Å². The van der Waals surface area contributed by atoms with Crippen molar-refractivity contribution in [3.63, 3.8) is 0 Å². The molecule has 0 unspecified atom stereocenters. The first kappa shape index (κ1) is 18.7. The van der Waals surface area contributed by atoms with Crippen molar-refractivity contribution in [1.82, 2.24) is 10.2 Å². The van der Waals surface area contributed by atoms with Crippen molar-refractivity contribution < 1.29 is 50.1 Å². The third-order valence-electron chi connectivity index (χ3n) is 3.34. The third-order valence-corrected chi connectivity index (χ3v) is 3.34. The molecule has 24 heavy (non-hydrogen) atoms. The predicted octanol–water partition coefficient (Wildman–Crippen LogP) is 0.155. The number of hydrogen-bond acceptors (Lipinski definition) is 7. The van der Waals surface area contributed by atoms with Crippen molar-refractivity contribution in [2.24, 2.45) is 0 Å². The minimum Gasteiger partial charge on any atom is -0.400 e. The Morgan fingerprint density at radius 1 is 1.04 bits per heavy atom. The molecule has 7 nitrogen and oxygen atoms in total. The summed E-state index contributed by atoms with van der Waals surface area (Å²) in [5.74, 6) is -8.41. The molecule has 13 heteroatoms. The minimum atomic E-state index is -5.48. The van der Waals surface area contributed by atoms with E-state index in [9.17, 15) is 35.9 Å². The van der Waals surface area contributed by atoms with Crippen molar-refractivity contribution >= 4 is 11.9 Å². The molecule has 0 amide bonds. The van der Waals surface area contributed by atoms with Crippen LogP contribution in [0.25, 0.3) is 0 Å². The van der Waals surface area contributed by atoms with Gasteiger partial charge >= 0.3 is 30.2 Å². The maximum atomic E-state index is 12.5. The molecule has 0 spiro atoms. The molecule has 0 aromatic heterocycles. The molecule has 2 rings (SSSR count). The zero-order chi connectivity index (χ0) is 18.2. The minimum absolute atomic E-state index is 0.0190. The van der Waals surface area contributed by atoms with E-state index in [1.807, 2.05) is 0 Å². The summed E-state index contributed by atoms with van der Waals surface area (Å²) >= 11 is 0. The Morgan fingerprint density at radius 2 is 1.54 bits per heavy atom. The summed E-state index contributed by atoms with van der Waals surface area (Å²) in [6.45, 7) is -0.743. The number of ether oxygens (including phenoxy) is 3. The Labute approximate surface area is 130 Å². The second kappa shape index (κ2) is 6.37. The summed E-state index contributed by atoms with van der Waals surface area (Å²) in [4.78, 5) is 23.2. The average Bonchev–Trinajstić information content (AvgIpc) is 2.37. The van der Waals surface area contributed by atoms with Crippen LogP contribution in [0.2, 0.25) is 0 Å². The van der Waals surface area contributed by atoms with E-state index in [0.29, 0.717) is 0 Å². The van der Waals surface area contributed by atoms with Crippen molar-refractivity contribution in [1.29, 1.82) is 0 Å². The number of carbonyl (C=O) groups excluding carboxylic acids is 2. The Kier molecular flexibility index (Phi) is 4.97. The molecular weight excluding hydrogens is 354 g/mol. The van der Waals surface area contributed by atoms with Crippen LogP contribution in [-0.2, 0) is 23.8 Å². The standard InChI is InChI=1S/C11H12F6N2O5/c12-10(13,14)7(20)23-9(24-8(21)11(15,16)17)5-18-1-2-19(9)6-3-22-4-6/h6,18H,1-5H2. The molecule has 0 aliphatic carbocycles. The van der Waals surface area contributed by atoms with E-state index >= 15 is 0 Å². The monoisotopic (exact) mass is 366 g/mol. The summed E-state index contributed by atoms with van der Waals surface area (Å²) in [6, 6.07) is -0.658. The number of carbonyl (C=O) groups is 2. The zero-order valence-electron chi connectivity index (χ0n) is 11.9. The summed E-state index contributed by atoms with van der Waals surface area (Å²) in [5, 5.41) is 2.45. The molecule has 138 valence electrons. The van der Waals surface area contributed by atoms with E-state index in [2.05, 4.69) is 14.8 Å². The quantitative estimate of drug-likeness (QED) is 0.433. The lowest BCUT2D eigenvalue weighted by Gasteiger charge is -2.49. The number of hydrogen-bond donors (Lipinski definition) is 1. The largest absolute Gasteiger partial charge is 0.491 e. The highest BCUT2D eigenvalue weighted by atomic mass is 19.4. The van der Waals surface area contributed by atoms with Gasteiger partial charge in [0.05, 0.1) is 25.8 Å². The van der Waals surface area contributed by atoms with E-state index < -0.39 is 42.8 Å². The van der Waals surface area contributed by atoms with Gasteiger partial charge in [0.15, 0.2) is 0 Å². The van der Waals surface area contributed by atoms with Gasteiger partial charge in [-0.3, -0.25) is 0 Å². The van der Waals surface area contributed by atoms with Crippen LogP contribution in [0.1, 0.15) is 0 Å². The molecule has 0 radical (unpaired) electrons. The first-order valence-corrected chi connectivity index (χ1v) is 6.61. The Balaban J connectivity index is 2.31. The highest BCUT2D eigenvalue weighted by Gasteiger charge is 2.58. The fourth-order valence-corrected chi connectivity index (χ4v) is 2.20. The number of alkyl halides is 6. The van der Waals surface area contributed by atoms with Crippen molar-refractivity contribution in [3.05, 3.63) is 0 Å². The molecule has 1 N–H and O–H groups in total. The van der Waals surface area contributed by atoms with E-state index in [4.69, 9.17) is 4.74 Å². The van der Waals surface area contributed by atoms with Gasteiger partial charge in [-0.1, -0.05) is 0 Å². The molecule has 0 saturated carbocycles. The van der Waals surface area contributed by atoms with Crippen LogP contribution in [0.15, 0.2) is 0 Å². The second-order valence-electron chi connectivity index (χ2n) is 5.05. The van der Waals surface area contributed by atoms with Crippen LogP contribution >= 0.6 is 0 Å². The van der Waals surface area contributed by atoms with E-state index in [1.54, 1.807) is 0 Å². The van der Waals surface area contributed by atoms with Gasteiger partial charge in [0.1, 0.15) is 0 Å². The molecule has 0 atom stereocenters. The first-order chi connectivity index (χ1) is 11.0. The first-order valence-electron chi connectivity index (χ1n) is 6.61. The number of esters is 2. The van der Waals surface area contributed by atoms with Crippen molar-refractivity contribution in [3.8, 4) is 0 Å². The van der Waals surface area contributed by atoms with Crippen LogP contribution in [-0.4, -0.2) is 74.0 Å². The number of piperazine rings is 1. The van der Waals surface area contributed by atoms with Crippen LogP contribution in [0, 0.1) is 0 Å². The molecule has 2 aliphatic heterocycles. The lowest BCUT2D eigenvalue weighted by atomic mass is 10.1. The number of nitrogens with one attached hydrogen (secondary N) is 1. The molecule has 2 saturated heterocycles. The van der Waals surface area contributed by atoms with Gasteiger partial charge in [-0.05, 0) is 0 Å². The molecule has 2 aliphatic rings. The summed E-state index contributed by atoms with van der Waals surface area (Å²) in [6.07, 6.45) is -11.0. The Hall–Kier alpha value is -1.60. The molecular formula is C11H12F6N2O5. The SMILES string of the molecule is O=C(OC1(OC(=O)C(F)(F)F)CNCCN1C1COC1)C(F)(F)F. The van der Waals surface area contributed by atoms with Crippen LogP contribution in [0.5, 0.6) is 0 Å². The number of nitrogens with zero attached hydrogens (tertiary/aromatic N) is 1. The summed E-state index contributed by atoms with van der Waals surface area (Å²) < 4.78 is 88.0. The highest BCUT2D eigenvalue weighted by Crippen LogP contribution is 2.32. The van der Waals surface area contributed by atoms with E-state index in [-0.39, 0.29) is 26.3 Å². The number of rotatable bonds is 3. The third kappa shape index (κ3) is 3.89.